The van der Waals surface area contributed by atoms with E-state index in [2.05, 4.69) is 5.32 Å². The first-order valence-corrected chi connectivity index (χ1v) is 8.17. The molecule has 1 aliphatic heterocycles. The highest BCUT2D eigenvalue weighted by Crippen LogP contribution is 2.45. The molecule has 2 unspecified atom stereocenters. The zero-order valence-corrected chi connectivity index (χ0v) is 15.5. The summed E-state index contributed by atoms with van der Waals surface area (Å²) in [6, 6.07) is 2.99. The Bertz CT molecular complexity index is 711. The summed E-state index contributed by atoms with van der Waals surface area (Å²) in [5.41, 5.74) is -3.59. The minimum atomic E-state index is -5.15. The molecule has 25 heavy (non-hydrogen) atoms. The Morgan fingerprint density at radius 1 is 1.16 bits per heavy atom. The molecule has 1 heterocycles. The number of hydrogen-bond acceptors (Lipinski definition) is 3. The number of ketones is 1. The van der Waals surface area contributed by atoms with E-state index in [9.17, 15) is 22.8 Å². The van der Waals surface area contributed by atoms with Crippen LogP contribution in [-0.4, -0.2) is 29.6 Å². The van der Waals surface area contributed by atoms with E-state index in [1.165, 1.54) is 45.9 Å². The summed E-state index contributed by atoms with van der Waals surface area (Å²) >= 11 is 11.9. The van der Waals surface area contributed by atoms with Crippen LogP contribution < -0.4 is 10.2 Å². The van der Waals surface area contributed by atoms with E-state index in [1.54, 1.807) is 0 Å². The molecule has 9 heteroatoms. The van der Waals surface area contributed by atoms with Gasteiger partial charge in [-0.25, -0.2) is 0 Å². The molecule has 2 rings (SSSR count). The fraction of sp³-hybridized carbons (Fsp3) is 0.500. The van der Waals surface area contributed by atoms with Crippen molar-refractivity contribution in [1.82, 2.24) is 5.32 Å². The molecule has 0 aromatic heterocycles. The summed E-state index contributed by atoms with van der Waals surface area (Å²) in [5, 5.41) is 2.84. The Morgan fingerprint density at radius 2 is 1.64 bits per heavy atom. The quantitative estimate of drug-likeness (QED) is 0.814. The predicted octanol–water partition coefficient (Wildman–Crippen LogP) is 4.19. The van der Waals surface area contributed by atoms with Crippen LogP contribution in [0.5, 0.6) is 0 Å². The monoisotopic (exact) mass is 396 g/mol. The van der Waals surface area contributed by atoms with E-state index in [-0.39, 0.29) is 15.7 Å². The van der Waals surface area contributed by atoms with Crippen LogP contribution >= 0.6 is 23.2 Å². The highest BCUT2D eigenvalue weighted by Gasteiger charge is 2.67. The third kappa shape index (κ3) is 3.25. The average Bonchev–Trinajstić information content (AvgIpc) is 2.68. The molecule has 0 spiro atoms. The summed E-state index contributed by atoms with van der Waals surface area (Å²) < 4.78 is 40.2. The Balaban J connectivity index is 2.80. The number of hydrogen-bond donors (Lipinski definition) is 1. The number of benzene rings is 1. The first kappa shape index (κ1) is 20.0. The minimum Gasteiger partial charge on any atom is -0.285 e. The van der Waals surface area contributed by atoms with E-state index < -0.39 is 35.0 Å². The minimum absolute atomic E-state index is 0.0203. The molecule has 1 fully saturated rings. The van der Waals surface area contributed by atoms with Crippen LogP contribution in [0.3, 0.4) is 0 Å². The topological polar surface area (TPSA) is 49.4 Å². The van der Waals surface area contributed by atoms with Gasteiger partial charge in [-0.2, -0.15) is 13.2 Å². The molecule has 2 atom stereocenters. The maximum atomic E-state index is 13.4. The first-order chi connectivity index (χ1) is 11.2. The van der Waals surface area contributed by atoms with Gasteiger partial charge in [-0.15, -0.1) is 0 Å². The van der Waals surface area contributed by atoms with Crippen molar-refractivity contribution in [1.29, 1.82) is 0 Å². The van der Waals surface area contributed by atoms with Crippen molar-refractivity contribution in [2.75, 3.05) is 4.90 Å². The summed E-state index contributed by atoms with van der Waals surface area (Å²) in [7, 11) is 0. The van der Waals surface area contributed by atoms with Crippen LogP contribution in [0.4, 0.5) is 18.9 Å². The van der Waals surface area contributed by atoms with Crippen molar-refractivity contribution in [2.45, 2.75) is 45.6 Å². The number of carbonyl (C=O) groups is 2. The lowest BCUT2D eigenvalue weighted by Crippen LogP contribution is -2.69. The number of carbonyl (C=O) groups excluding carboxylic acids is 2. The van der Waals surface area contributed by atoms with Crippen LogP contribution in [0.2, 0.25) is 10.0 Å². The second-order valence-electron chi connectivity index (χ2n) is 6.95. The van der Waals surface area contributed by atoms with Crippen LogP contribution in [0, 0.1) is 5.41 Å². The first-order valence-electron chi connectivity index (χ1n) is 7.41. The molecular weight excluding hydrogens is 380 g/mol. The van der Waals surface area contributed by atoms with Crippen molar-refractivity contribution in [3.05, 3.63) is 28.2 Å². The Kier molecular flexibility index (Phi) is 4.92. The number of alkyl halides is 3. The average molecular weight is 397 g/mol. The summed E-state index contributed by atoms with van der Waals surface area (Å²) in [4.78, 5) is 25.9. The summed E-state index contributed by atoms with van der Waals surface area (Å²) in [6.07, 6.45) is -5.15. The lowest BCUT2D eigenvalue weighted by atomic mass is 9.76. The second kappa shape index (κ2) is 6.14. The number of Topliss-reactive ketones (excluding diaryl/α,β-unsaturated/α-hetero) is 1. The number of amides is 1. The highest BCUT2D eigenvalue weighted by molar-refractivity contribution is 6.35. The van der Waals surface area contributed by atoms with E-state index in [1.807, 2.05) is 0 Å². The van der Waals surface area contributed by atoms with Crippen molar-refractivity contribution in [3.8, 4) is 0 Å². The zero-order valence-electron chi connectivity index (χ0n) is 14.0. The van der Waals surface area contributed by atoms with Gasteiger partial charge in [-0.3, -0.25) is 19.8 Å². The van der Waals surface area contributed by atoms with Crippen molar-refractivity contribution >= 4 is 40.6 Å². The molecule has 1 aliphatic rings. The van der Waals surface area contributed by atoms with E-state index in [0.717, 1.165) is 4.90 Å². The lowest BCUT2D eigenvalue weighted by molar-refractivity contribution is -0.182. The van der Waals surface area contributed by atoms with Gasteiger partial charge in [0.25, 0.3) is 5.78 Å². The van der Waals surface area contributed by atoms with Gasteiger partial charge >= 0.3 is 6.18 Å². The third-order valence-corrected chi connectivity index (χ3v) is 4.57. The molecule has 1 aromatic carbocycles. The largest absolute Gasteiger partial charge is 0.454 e. The predicted molar refractivity (Wildman–Crippen MR) is 89.8 cm³/mol. The number of nitrogens with one attached hydrogen (secondary N) is 1. The van der Waals surface area contributed by atoms with Gasteiger partial charge in [0.05, 0.1) is 6.04 Å². The van der Waals surface area contributed by atoms with Gasteiger partial charge in [0.15, 0.2) is 5.66 Å². The van der Waals surface area contributed by atoms with Gasteiger partial charge < -0.3 is 0 Å². The van der Waals surface area contributed by atoms with E-state index in [4.69, 9.17) is 23.2 Å². The maximum Gasteiger partial charge on any atom is 0.454 e. The van der Waals surface area contributed by atoms with Crippen LogP contribution in [0.25, 0.3) is 0 Å². The van der Waals surface area contributed by atoms with Gasteiger partial charge in [0.1, 0.15) is 0 Å². The van der Waals surface area contributed by atoms with E-state index >= 15 is 0 Å². The third-order valence-electron chi connectivity index (χ3n) is 4.13. The van der Waals surface area contributed by atoms with Crippen LogP contribution in [0.1, 0.15) is 27.7 Å². The highest BCUT2D eigenvalue weighted by atomic mass is 35.5. The van der Waals surface area contributed by atoms with Crippen molar-refractivity contribution in [3.63, 3.8) is 0 Å². The zero-order chi connectivity index (χ0) is 19.4. The number of nitrogens with zero attached hydrogens (tertiary/aromatic N) is 1. The normalized spacial score (nSPS) is 24.8. The second-order valence-corrected chi connectivity index (χ2v) is 7.83. The smallest absolute Gasteiger partial charge is 0.285 e. The Hall–Kier alpha value is -1.31. The Labute approximate surface area is 153 Å². The van der Waals surface area contributed by atoms with Crippen LogP contribution in [-0.2, 0) is 9.59 Å². The molecule has 0 aliphatic carbocycles. The molecule has 138 valence electrons. The van der Waals surface area contributed by atoms with Gasteiger partial charge in [0.2, 0.25) is 5.91 Å². The van der Waals surface area contributed by atoms with Crippen molar-refractivity contribution < 1.29 is 22.8 Å². The molecule has 0 radical (unpaired) electrons. The maximum absolute atomic E-state index is 13.4. The van der Waals surface area contributed by atoms with Crippen LogP contribution in [0.15, 0.2) is 18.2 Å². The van der Waals surface area contributed by atoms with Crippen molar-refractivity contribution in [2.24, 2.45) is 5.41 Å². The summed E-state index contributed by atoms with van der Waals surface area (Å²) in [6.45, 7) is 5.76. The van der Waals surface area contributed by atoms with Gasteiger partial charge in [-0.1, -0.05) is 44.0 Å². The SMILES string of the molecule is CC1NC(C(=O)C(F)(F)F)(C(C)(C)C)N(c2cc(Cl)cc(Cl)c2)C1=O. The Morgan fingerprint density at radius 3 is 2.04 bits per heavy atom. The number of halogens is 5. The lowest BCUT2D eigenvalue weighted by Gasteiger charge is -2.46. The molecule has 1 amide bonds. The molecule has 4 nitrogen and oxygen atoms in total. The van der Waals surface area contributed by atoms with Gasteiger partial charge in [-0.05, 0) is 25.1 Å². The number of rotatable bonds is 2. The van der Waals surface area contributed by atoms with E-state index in [0.29, 0.717) is 0 Å². The fourth-order valence-electron chi connectivity index (χ4n) is 3.05. The molecule has 0 bridgehead atoms. The van der Waals surface area contributed by atoms with Gasteiger partial charge in [0, 0.05) is 21.1 Å². The standard InChI is InChI=1S/C16H17Cl2F3N2O2/c1-8-12(24)23(11-6-9(17)5-10(18)7-11)15(22-8,14(2,3)4)13(25)16(19,20)21/h5-8,22H,1-4H3. The molecule has 1 aromatic rings. The summed E-state index contributed by atoms with van der Waals surface area (Å²) in [5.74, 6) is -2.73. The molecular formula is C16H17Cl2F3N2O2. The fourth-order valence-corrected chi connectivity index (χ4v) is 3.57. The molecule has 0 saturated carbocycles. The number of anilines is 1. The molecule has 1 saturated heterocycles. The molecule has 1 N–H and O–H groups in total.